The summed E-state index contributed by atoms with van der Waals surface area (Å²) in [7, 11) is 1.72. The smallest absolute Gasteiger partial charge is 0.229 e. The van der Waals surface area contributed by atoms with Crippen LogP contribution >= 0.6 is 11.3 Å². The van der Waals surface area contributed by atoms with E-state index in [0.29, 0.717) is 25.4 Å². The number of aromatic nitrogens is 3. The van der Waals surface area contributed by atoms with Gasteiger partial charge in [-0.05, 0) is 44.2 Å². The number of fused-ring (bicyclic) bond motifs is 1. The molecule has 2 aliphatic rings. The van der Waals surface area contributed by atoms with Gasteiger partial charge in [-0.3, -0.25) is 4.79 Å². The average molecular weight is 441 g/mol. The zero-order chi connectivity index (χ0) is 21.3. The standard InChI is InChI=1S/C23H28N4O3S/c1-29-15-12-23(22-25-21(30-26-22)16-6-7-16)10-13-27(14-11-23)20(28)9-8-19-24-17-4-2-3-5-18(17)31-19/h2-5,16H,6-15H2,1H3. The second-order valence-corrected chi connectivity index (χ2v) is 9.82. The third-order valence-electron chi connectivity index (χ3n) is 6.59. The Morgan fingerprint density at radius 1 is 1.26 bits per heavy atom. The minimum absolute atomic E-state index is 0.170. The Morgan fingerprint density at radius 2 is 2.06 bits per heavy atom. The molecule has 3 aromatic rings. The highest BCUT2D eigenvalue weighted by atomic mass is 32.1. The van der Waals surface area contributed by atoms with Gasteiger partial charge in [0.15, 0.2) is 5.82 Å². The van der Waals surface area contributed by atoms with Crippen molar-refractivity contribution in [3.05, 3.63) is 41.0 Å². The number of ether oxygens (including phenoxy) is 1. The molecule has 164 valence electrons. The molecule has 1 saturated heterocycles. The van der Waals surface area contributed by atoms with E-state index in [0.717, 1.165) is 67.4 Å². The summed E-state index contributed by atoms with van der Waals surface area (Å²) in [6, 6.07) is 8.12. The van der Waals surface area contributed by atoms with Crippen molar-refractivity contribution in [2.45, 2.75) is 56.3 Å². The molecular weight excluding hydrogens is 412 g/mol. The van der Waals surface area contributed by atoms with Gasteiger partial charge in [-0.1, -0.05) is 17.3 Å². The molecule has 1 aliphatic carbocycles. The van der Waals surface area contributed by atoms with E-state index in [-0.39, 0.29) is 11.3 Å². The number of likely N-dealkylation sites (tertiary alicyclic amines) is 1. The fraction of sp³-hybridized carbons (Fsp3) is 0.565. The Hall–Kier alpha value is -2.32. The molecule has 1 amide bonds. The first-order valence-corrected chi connectivity index (χ1v) is 11.9. The number of carbonyl (C=O) groups is 1. The first kappa shape index (κ1) is 20.6. The van der Waals surface area contributed by atoms with E-state index in [4.69, 9.17) is 14.2 Å². The number of hydrogen-bond donors (Lipinski definition) is 0. The quantitative estimate of drug-likeness (QED) is 0.525. The van der Waals surface area contributed by atoms with Crippen molar-refractivity contribution in [3.8, 4) is 0 Å². The van der Waals surface area contributed by atoms with E-state index < -0.39 is 0 Å². The number of carbonyl (C=O) groups excluding carboxylic acids is 1. The molecule has 2 fully saturated rings. The molecule has 0 unspecified atom stereocenters. The first-order valence-electron chi connectivity index (χ1n) is 11.1. The van der Waals surface area contributed by atoms with E-state index in [1.54, 1.807) is 18.4 Å². The van der Waals surface area contributed by atoms with Crippen molar-refractivity contribution in [2.75, 3.05) is 26.8 Å². The highest BCUT2D eigenvalue weighted by Crippen LogP contribution is 2.42. The van der Waals surface area contributed by atoms with Gasteiger partial charge in [0, 0.05) is 51.0 Å². The minimum atomic E-state index is -0.170. The summed E-state index contributed by atoms with van der Waals surface area (Å²) < 4.78 is 12.1. The van der Waals surface area contributed by atoms with Gasteiger partial charge in [0.2, 0.25) is 11.8 Å². The molecule has 1 saturated carbocycles. The van der Waals surface area contributed by atoms with Crippen LogP contribution in [0.15, 0.2) is 28.8 Å². The largest absolute Gasteiger partial charge is 0.385 e. The maximum atomic E-state index is 12.9. The van der Waals surface area contributed by atoms with Crippen molar-refractivity contribution in [2.24, 2.45) is 0 Å². The van der Waals surface area contributed by atoms with Crippen LogP contribution in [0.3, 0.4) is 0 Å². The summed E-state index contributed by atoms with van der Waals surface area (Å²) in [5.74, 6) is 2.23. The summed E-state index contributed by atoms with van der Waals surface area (Å²) in [6.07, 6.45) is 6.01. The Labute approximate surface area is 185 Å². The Balaban J connectivity index is 1.21. The summed E-state index contributed by atoms with van der Waals surface area (Å²) in [6.45, 7) is 2.09. The van der Waals surface area contributed by atoms with Crippen molar-refractivity contribution in [3.63, 3.8) is 0 Å². The number of methoxy groups -OCH3 is 1. The normalized spacial score (nSPS) is 18.5. The molecule has 5 rings (SSSR count). The van der Waals surface area contributed by atoms with Crippen LogP contribution in [0.25, 0.3) is 10.2 Å². The van der Waals surface area contributed by atoms with Crippen LogP contribution in [0.2, 0.25) is 0 Å². The predicted octanol–water partition coefficient (Wildman–Crippen LogP) is 4.09. The monoisotopic (exact) mass is 440 g/mol. The van der Waals surface area contributed by atoms with Crippen molar-refractivity contribution in [1.29, 1.82) is 0 Å². The third kappa shape index (κ3) is 4.36. The molecule has 1 aromatic carbocycles. The highest BCUT2D eigenvalue weighted by Gasteiger charge is 2.42. The Bertz CT molecular complexity index is 1020. The minimum Gasteiger partial charge on any atom is -0.385 e. The van der Waals surface area contributed by atoms with Crippen LogP contribution in [-0.2, 0) is 21.4 Å². The lowest BCUT2D eigenvalue weighted by molar-refractivity contribution is -0.133. The number of hydrogen-bond acceptors (Lipinski definition) is 7. The molecule has 0 N–H and O–H groups in total. The predicted molar refractivity (Wildman–Crippen MR) is 118 cm³/mol. The van der Waals surface area contributed by atoms with Gasteiger partial charge >= 0.3 is 0 Å². The third-order valence-corrected chi connectivity index (χ3v) is 7.69. The molecule has 0 radical (unpaired) electrons. The lowest BCUT2D eigenvalue weighted by Crippen LogP contribution is -2.46. The maximum Gasteiger partial charge on any atom is 0.229 e. The molecule has 0 bridgehead atoms. The SMILES string of the molecule is COCCC1(c2noc(C3CC3)n2)CCN(C(=O)CCc2nc3ccccc3s2)CC1. The van der Waals surface area contributed by atoms with Gasteiger partial charge < -0.3 is 14.2 Å². The zero-order valence-electron chi connectivity index (χ0n) is 17.9. The van der Waals surface area contributed by atoms with Crippen LogP contribution in [0.1, 0.15) is 61.2 Å². The molecule has 7 nitrogen and oxygen atoms in total. The van der Waals surface area contributed by atoms with Crippen molar-refractivity contribution >= 4 is 27.5 Å². The first-order chi connectivity index (χ1) is 15.2. The summed E-state index contributed by atoms with van der Waals surface area (Å²) >= 11 is 1.68. The lowest BCUT2D eigenvalue weighted by atomic mass is 9.75. The van der Waals surface area contributed by atoms with Crippen LogP contribution in [0, 0.1) is 0 Å². The maximum absolute atomic E-state index is 12.9. The van der Waals surface area contributed by atoms with E-state index >= 15 is 0 Å². The van der Waals surface area contributed by atoms with Gasteiger partial charge in [-0.15, -0.1) is 11.3 Å². The molecule has 1 aliphatic heterocycles. The van der Waals surface area contributed by atoms with Crippen LogP contribution in [-0.4, -0.2) is 52.7 Å². The average Bonchev–Trinajstić information content (AvgIpc) is 3.37. The topological polar surface area (TPSA) is 81.4 Å². The Morgan fingerprint density at radius 3 is 2.81 bits per heavy atom. The lowest BCUT2D eigenvalue weighted by Gasteiger charge is -2.39. The molecule has 3 heterocycles. The van der Waals surface area contributed by atoms with Crippen LogP contribution in [0.4, 0.5) is 0 Å². The van der Waals surface area contributed by atoms with Gasteiger partial charge in [0.1, 0.15) is 0 Å². The molecular formula is C23H28N4O3S. The molecule has 31 heavy (non-hydrogen) atoms. The second kappa shape index (κ2) is 8.67. The number of para-hydroxylation sites is 1. The summed E-state index contributed by atoms with van der Waals surface area (Å²) in [4.78, 5) is 24.3. The highest BCUT2D eigenvalue weighted by molar-refractivity contribution is 7.18. The number of piperidine rings is 1. The fourth-order valence-electron chi connectivity index (χ4n) is 4.41. The molecule has 2 aromatic heterocycles. The van der Waals surface area contributed by atoms with Crippen LogP contribution < -0.4 is 0 Å². The molecule has 8 heteroatoms. The number of nitrogens with zero attached hydrogens (tertiary/aromatic N) is 4. The van der Waals surface area contributed by atoms with Crippen molar-refractivity contribution < 1.29 is 14.1 Å². The summed E-state index contributed by atoms with van der Waals surface area (Å²) in [5.41, 5.74) is 0.845. The zero-order valence-corrected chi connectivity index (χ0v) is 18.7. The van der Waals surface area contributed by atoms with E-state index in [1.165, 1.54) is 4.70 Å². The number of aryl methyl sites for hydroxylation is 1. The number of thiazole rings is 1. The van der Waals surface area contributed by atoms with Gasteiger partial charge in [0.25, 0.3) is 0 Å². The van der Waals surface area contributed by atoms with Crippen LogP contribution in [0.5, 0.6) is 0 Å². The number of benzene rings is 1. The van der Waals surface area contributed by atoms with E-state index in [1.807, 2.05) is 23.1 Å². The Kier molecular flexibility index (Phi) is 5.75. The van der Waals surface area contributed by atoms with Crippen molar-refractivity contribution in [1.82, 2.24) is 20.0 Å². The molecule has 0 atom stereocenters. The summed E-state index contributed by atoms with van der Waals surface area (Å²) in [5, 5.41) is 5.37. The second-order valence-electron chi connectivity index (χ2n) is 8.71. The number of rotatable bonds is 8. The van der Waals surface area contributed by atoms with Gasteiger partial charge in [0.05, 0.1) is 15.2 Å². The number of amides is 1. The van der Waals surface area contributed by atoms with E-state index in [2.05, 4.69) is 16.2 Å². The molecule has 0 spiro atoms. The van der Waals surface area contributed by atoms with E-state index in [9.17, 15) is 4.79 Å². The fourth-order valence-corrected chi connectivity index (χ4v) is 5.38. The van der Waals surface area contributed by atoms with Gasteiger partial charge in [-0.2, -0.15) is 4.98 Å². The van der Waals surface area contributed by atoms with Gasteiger partial charge in [-0.25, -0.2) is 4.98 Å².